The summed E-state index contributed by atoms with van der Waals surface area (Å²) < 4.78 is 10.8. The smallest absolute Gasteiger partial charge is 0.256 e. The van der Waals surface area contributed by atoms with Crippen molar-refractivity contribution in [3.63, 3.8) is 0 Å². The number of hydrogen-bond donors (Lipinski definition) is 2. The van der Waals surface area contributed by atoms with Crippen molar-refractivity contribution in [2.24, 2.45) is 0 Å². The van der Waals surface area contributed by atoms with Gasteiger partial charge in [0.05, 0.1) is 13.7 Å². The van der Waals surface area contributed by atoms with Gasteiger partial charge in [-0.15, -0.1) is 0 Å². The number of hydrogen-bond acceptors (Lipinski definition) is 4. The number of nitrogens with one attached hydrogen (secondary N) is 2. The maximum absolute atomic E-state index is 12.7. The second kappa shape index (κ2) is 7.25. The number of carbonyl (C=O) groups is 1. The molecule has 0 atom stereocenters. The molecule has 2 aromatic rings. The molecule has 2 aromatic carbocycles. The van der Waals surface area contributed by atoms with Crippen molar-refractivity contribution < 1.29 is 14.3 Å². The lowest BCUT2D eigenvalue weighted by Gasteiger charge is -2.20. The largest absolute Gasteiger partial charge is 0.493 e. The van der Waals surface area contributed by atoms with Gasteiger partial charge in [0.25, 0.3) is 5.91 Å². The molecule has 1 aliphatic rings. The molecule has 0 fully saturated rings. The van der Waals surface area contributed by atoms with Gasteiger partial charge in [0.15, 0.2) is 11.5 Å². The van der Waals surface area contributed by atoms with E-state index in [0.717, 1.165) is 30.6 Å². The number of benzene rings is 2. The summed E-state index contributed by atoms with van der Waals surface area (Å²) in [5.41, 5.74) is 3.53. The monoisotopic (exact) mass is 326 g/mol. The van der Waals surface area contributed by atoms with E-state index in [2.05, 4.69) is 10.6 Å². The molecule has 126 valence electrons. The second-order valence-electron chi connectivity index (χ2n) is 5.61. The molecule has 0 aliphatic carbocycles. The Labute approximate surface area is 142 Å². The van der Waals surface area contributed by atoms with E-state index < -0.39 is 0 Å². The number of anilines is 2. The zero-order valence-corrected chi connectivity index (χ0v) is 14.0. The number of carbonyl (C=O) groups excluding carboxylic acids is 1. The standard InChI is InChI=1S/C19H22N2O3/c1-3-24-17-10-9-13(12-18(17)23-2)21-19(22)15-6-4-8-16-14(15)7-5-11-20-16/h4,6,8-10,12,20H,3,5,7,11H2,1-2H3,(H,21,22). The van der Waals surface area contributed by atoms with Crippen LogP contribution in [0.1, 0.15) is 29.3 Å². The molecular formula is C19H22N2O3. The summed E-state index contributed by atoms with van der Waals surface area (Å²) >= 11 is 0. The van der Waals surface area contributed by atoms with E-state index in [4.69, 9.17) is 9.47 Å². The van der Waals surface area contributed by atoms with Gasteiger partial charge in [0.1, 0.15) is 0 Å². The molecule has 2 N–H and O–H groups in total. The van der Waals surface area contributed by atoms with E-state index >= 15 is 0 Å². The van der Waals surface area contributed by atoms with Gasteiger partial charge in [-0.25, -0.2) is 0 Å². The molecule has 1 heterocycles. The van der Waals surface area contributed by atoms with Crippen LogP contribution in [0.3, 0.4) is 0 Å². The predicted molar refractivity (Wildman–Crippen MR) is 95.4 cm³/mol. The van der Waals surface area contributed by atoms with Crippen LogP contribution in [0.15, 0.2) is 36.4 Å². The van der Waals surface area contributed by atoms with E-state index in [1.165, 1.54) is 0 Å². The maximum Gasteiger partial charge on any atom is 0.256 e. The molecule has 5 nitrogen and oxygen atoms in total. The molecule has 5 heteroatoms. The van der Waals surface area contributed by atoms with Gasteiger partial charge in [-0.05, 0) is 49.6 Å². The molecule has 0 saturated heterocycles. The first-order valence-electron chi connectivity index (χ1n) is 8.21. The maximum atomic E-state index is 12.7. The van der Waals surface area contributed by atoms with Gasteiger partial charge in [0, 0.05) is 29.5 Å². The lowest BCUT2D eigenvalue weighted by atomic mass is 9.97. The minimum absolute atomic E-state index is 0.109. The third kappa shape index (κ3) is 3.30. The molecule has 0 saturated carbocycles. The van der Waals surface area contributed by atoms with Crippen LogP contribution in [0.5, 0.6) is 11.5 Å². The van der Waals surface area contributed by atoms with Gasteiger partial charge in [-0.1, -0.05) is 6.07 Å². The number of methoxy groups -OCH3 is 1. The Kier molecular flexibility index (Phi) is 4.89. The Morgan fingerprint density at radius 2 is 2.12 bits per heavy atom. The van der Waals surface area contributed by atoms with Crippen molar-refractivity contribution in [1.29, 1.82) is 0 Å². The molecule has 0 spiro atoms. The fourth-order valence-corrected chi connectivity index (χ4v) is 2.94. The van der Waals surface area contributed by atoms with E-state index in [0.29, 0.717) is 29.4 Å². The van der Waals surface area contributed by atoms with E-state index in [1.807, 2.05) is 31.2 Å². The molecule has 3 rings (SSSR count). The average molecular weight is 326 g/mol. The van der Waals surface area contributed by atoms with E-state index in [1.54, 1.807) is 19.2 Å². The van der Waals surface area contributed by atoms with Gasteiger partial charge >= 0.3 is 0 Å². The highest BCUT2D eigenvalue weighted by atomic mass is 16.5. The fraction of sp³-hybridized carbons (Fsp3) is 0.316. The summed E-state index contributed by atoms with van der Waals surface area (Å²) in [6.07, 6.45) is 1.95. The summed E-state index contributed by atoms with van der Waals surface area (Å²) in [7, 11) is 1.59. The second-order valence-corrected chi connectivity index (χ2v) is 5.61. The Morgan fingerprint density at radius 1 is 1.25 bits per heavy atom. The molecule has 0 aromatic heterocycles. The first-order chi connectivity index (χ1) is 11.7. The Balaban J connectivity index is 1.83. The third-order valence-electron chi connectivity index (χ3n) is 4.06. The molecular weight excluding hydrogens is 304 g/mol. The zero-order chi connectivity index (χ0) is 16.9. The minimum atomic E-state index is -0.109. The van der Waals surface area contributed by atoms with Crippen LogP contribution in [-0.2, 0) is 6.42 Å². The Bertz CT molecular complexity index is 743. The van der Waals surface area contributed by atoms with Gasteiger partial charge in [-0.3, -0.25) is 4.79 Å². The van der Waals surface area contributed by atoms with Gasteiger partial charge < -0.3 is 20.1 Å². The van der Waals surface area contributed by atoms with Crippen molar-refractivity contribution >= 4 is 17.3 Å². The first kappa shape index (κ1) is 16.2. The molecule has 0 bridgehead atoms. The van der Waals surface area contributed by atoms with Crippen molar-refractivity contribution in [3.05, 3.63) is 47.5 Å². The molecule has 1 amide bonds. The SMILES string of the molecule is CCOc1ccc(NC(=O)c2cccc3c2CCCN3)cc1OC. The predicted octanol–water partition coefficient (Wildman–Crippen LogP) is 3.70. The Morgan fingerprint density at radius 3 is 2.92 bits per heavy atom. The highest BCUT2D eigenvalue weighted by Crippen LogP contribution is 2.31. The van der Waals surface area contributed by atoms with Crippen LogP contribution in [-0.4, -0.2) is 26.2 Å². The highest BCUT2D eigenvalue weighted by Gasteiger charge is 2.18. The summed E-state index contributed by atoms with van der Waals surface area (Å²) in [5, 5.41) is 6.30. The molecule has 0 unspecified atom stereocenters. The van der Waals surface area contributed by atoms with Crippen LogP contribution >= 0.6 is 0 Å². The van der Waals surface area contributed by atoms with Crippen molar-refractivity contribution in [3.8, 4) is 11.5 Å². The van der Waals surface area contributed by atoms with Gasteiger partial charge in [-0.2, -0.15) is 0 Å². The van der Waals surface area contributed by atoms with Crippen LogP contribution < -0.4 is 20.1 Å². The van der Waals surface area contributed by atoms with Crippen LogP contribution in [0.2, 0.25) is 0 Å². The topological polar surface area (TPSA) is 59.6 Å². The number of amides is 1. The van der Waals surface area contributed by atoms with Crippen molar-refractivity contribution in [2.45, 2.75) is 19.8 Å². The average Bonchev–Trinajstić information content (AvgIpc) is 2.62. The van der Waals surface area contributed by atoms with E-state index in [9.17, 15) is 4.79 Å². The highest BCUT2D eigenvalue weighted by molar-refractivity contribution is 6.06. The Hall–Kier alpha value is -2.69. The van der Waals surface area contributed by atoms with Crippen LogP contribution in [0.25, 0.3) is 0 Å². The minimum Gasteiger partial charge on any atom is -0.493 e. The van der Waals surface area contributed by atoms with Crippen molar-refractivity contribution in [1.82, 2.24) is 0 Å². The number of rotatable bonds is 5. The van der Waals surface area contributed by atoms with Crippen molar-refractivity contribution in [2.75, 3.05) is 30.9 Å². The third-order valence-corrected chi connectivity index (χ3v) is 4.06. The number of fused-ring (bicyclic) bond motifs is 1. The summed E-state index contributed by atoms with van der Waals surface area (Å²) in [4.78, 5) is 12.7. The lowest BCUT2D eigenvalue weighted by Crippen LogP contribution is -2.19. The lowest BCUT2D eigenvalue weighted by molar-refractivity contribution is 0.102. The molecule has 1 aliphatic heterocycles. The molecule has 24 heavy (non-hydrogen) atoms. The normalized spacial score (nSPS) is 12.8. The number of ether oxygens (including phenoxy) is 2. The molecule has 0 radical (unpaired) electrons. The summed E-state index contributed by atoms with van der Waals surface area (Å²) in [5.74, 6) is 1.16. The first-order valence-corrected chi connectivity index (χ1v) is 8.21. The van der Waals surface area contributed by atoms with Crippen LogP contribution in [0.4, 0.5) is 11.4 Å². The summed E-state index contributed by atoms with van der Waals surface area (Å²) in [6.45, 7) is 3.43. The summed E-state index contributed by atoms with van der Waals surface area (Å²) in [6, 6.07) is 11.2. The zero-order valence-electron chi connectivity index (χ0n) is 14.0. The van der Waals surface area contributed by atoms with Crippen LogP contribution in [0, 0.1) is 0 Å². The fourth-order valence-electron chi connectivity index (χ4n) is 2.94. The van der Waals surface area contributed by atoms with Gasteiger partial charge in [0.2, 0.25) is 0 Å². The van der Waals surface area contributed by atoms with E-state index in [-0.39, 0.29) is 5.91 Å². The quantitative estimate of drug-likeness (QED) is 0.879.